The second-order valence-electron chi connectivity index (χ2n) is 6.52. The Morgan fingerprint density at radius 3 is 2.07 bits per heavy atom. The second kappa shape index (κ2) is 9.59. The highest BCUT2D eigenvalue weighted by atomic mass is 35.5. The highest BCUT2D eigenvalue weighted by molar-refractivity contribution is 6.30. The molecule has 2 N–H and O–H groups in total. The molecule has 0 saturated carbocycles. The van der Waals surface area contributed by atoms with Gasteiger partial charge in [0.1, 0.15) is 12.4 Å². The summed E-state index contributed by atoms with van der Waals surface area (Å²) in [7, 11) is 1.45. The van der Waals surface area contributed by atoms with Gasteiger partial charge in [0, 0.05) is 11.6 Å². The fourth-order valence-electron chi connectivity index (χ4n) is 3.15. The van der Waals surface area contributed by atoms with E-state index in [4.69, 9.17) is 26.8 Å². The molecule has 0 aliphatic rings. The predicted molar refractivity (Wildman–Crippen MR) is 117 cm³/mol. The summed E-state index contributed by atoms with van der Waals surface area (Å²) < 4.78 is 24.9. The first-order valence-corrected chi connectivity index (χ1v) is 9.65. The molecule has 0 fully saturated rings. The van der Waals surface area contributed by atoms with Crippen molar-refractivity contribution in [2.45, 2.75) is 6.92 Å². The highest BCUT2D eigenvalue weighted by Gasteiger charge is 2.13. The number of methoxy groups -OCH3 is 1. The molecule has 0 bridgehead atoms. The third-order valence-electron chi connectivity index (χ3n) is 4.62. The lowest BCUT2D eigenvalue weighted by molar-refractivity contribution is 0.328. The standard InChI is InChI=1S/C24H23ClFNO2/c1-16(19-7-12-23(28-2)22(26)15-19)24(17-3-8-20(25)9-4-17)18-5-10-21(11-6-18)29-14-13-27/h3-12,15H,13-14,27H2,1-2H3/b24-16+. The van der Waals surface area contributed by atoms with E-state index < -0.39 is 5.82 Å². The minimum Gasteiger partial charge on any atom is -0.494 e. The van der Waals surface area contributed by atoms with E-state index in [1.54, 1.807) is 6.07 Å². The first kappa shape index (κ1) is 20.9. The first-order chi connectivity index (χ1) is 14.0. The molecule has 3 aromatic rings. The van der Waals surface area contributed by atoms with Crippen LogP contribution in [-0.2, 0) is 0 Å². The average molecular weight is 412 g/mol. The summed E-state index contributed by atoms with van der Waals surface area (Å²) in [4.78, 5) is 0. The molecule has 3 aromatic carbocycles. The summed E-state index contributed by atoms with van der Waals surface area (Å²) >= 11 is 6.08. The van der Waals surface area contributed by atoms with Crippen molar-refractivity contribution in [2.75, 3.05) is 20.3 Å². The smallest absolute Gasteiger partial charge is 0.165 e. The Bertz CT molecular complexity index is 998. The van der Waals surface area contributed by atoms with Gasteiger partial charge in [-0.25, -0.2) is 4.39 Å². The molecule has 0 aromatic heterocycles. The Morgan fingerprint density at radius 2 is 1.52 bits per heavy atom. The van der Waals surface area contributed by atoms with Crippen LogP contribution in [0.3, 0.4) is 0 Å². The minimum atomic E-state index is -0.398. The number of ether oxygens (including phenoxy) is 2. The second-order valence-corrected chi connectivity index (χ2v) is 6.95. The molecule has 0 amide bonds. The largest absolute Gasteiger partial charge is 0.494 e. The van der Waals surface area contributed by atoms with Crippen LogP contribution in [0.5, 0.6) is 11.5 Å². The Balaban J connectivity index is 2.11. The van der Waals surface area contributed by atoms with Crippen molar-refractivity contribution in [1.82, 2.24) is 0 Å². The molecule has 5 heteroatoms. The van der Waals surface area contributed by atoms with E-state index in [2.05, 4.69) is 0 Å². The lowest BCUT2D eigenvalue weighted by Crippen LogP contribution is -2.10. The van der Waals surface area contributed by atoms with Crippen LogP contribution in [0.2, 0.25) is 5.02 Å². The van der Waals surface area contributed by atoms with Crippen LogP contribution in [0, 0.1) is 5.82 Å². The Hall–Kier alpha value is -2.82. The molecule has 0 radical (unpaired) electrons. The lowest BCUT2D eigenvalue weighted by Gasteiger charge is -2.15. The average Bonchev–Trinajstić information content (AvgIpc) is 2.74. The zero-order valence-electron chi connectivity index (χ0n) is 16.4. The van der Waals surface area contributed by atoms with E-state index in [0.717, 1.165) is 33.6 Å². The number of halogens is 2. The fraction of sp³-hybridized carbons (Fsp3) is 0.167. The van der Waals surface area contributed by atoms with Crippen LogP contribution in [0.1, 0.15) is 23.6 Å². The van der Waals surface area contributed by atoms with Gasteiger partial charge in [-0.05, 0) is 71.2 Å². The van der Waals surface area contributed by atoms with Gasteiger partial charge in [-0.3, -0.25) is 0 Å². The summed E-state index contributed by atoms with van der Waals surface area (Å²) in [5.74, 6) is 0.573. The molecular formula is C24H23ClFNO2. The summed E-state index contributed by atoms with van der Waals surface area (Å²) in [6, 6.07) is 20.4. The van der Waals surface area contributed by atoms with Crippen LogP contribution in [0.25, 0.3) is 11.1 Å². The maximum atomic E-state index is 14.3. The number of nitrogens with two attached hydrogens (primary N) is 1. The van der Waals surface area contributed by atoms with Crippen LogP contribution in [0.15, 0.2) is 66.7 Å². The van der Waals surface area contributed by atoms with E-state index in [1.807, 2.05) is 61.5 Å². The summed E-state index contributed by atoms with van der Waals surface area (Å²) in [6.07, 6.45) is 0. The van der Waals surface area contributed by atoms with Gasteiger partial charge in [0.05, 0.1) is 7.11 Å². The van der Waals surface area contributed by atoms with Gasteiger partial charge < -0.3 is 15.2 Å². The number of allylic oxidation sites excluding steroid dienone is 1. The van der Waals surface area contributed by atoms with Crippen LogP contribution < -0.4 is 15.2 Å². The first-order valence-electron chi connectivity index (χ1n) is 9.27. The van der Waals surface area contributed by atoms with Crippen molar-refractivity contribution < 1.29 is 13.9 Å². The van der Waals surface area contributed by atoms with Gasteiger partial charge in [-0.15, -0.1) is 0 Å². The van der Waals surface area contributed by atoms with Gasteiger partial charge in [-0.2, -0.15) is 0 Å². The lowest BCUT2D eigenvalue weighted by atomic mass is 9.90. The quantitative estimate of drug-likeness (QED) is 0.499. The molecule has 3 rings (SSSR count). The van der Waals surface area contributed by atoms with Gasteiger partial charge in [0.15, 0.2) is 11.6 Å². The zero-order valence-corrected chi connectivity index (χ0v) is 17.2. The third kappa shape index (κ3) is 4.97. The van der Waals surface area contributed by atoms with E-state index in [0.29, 0.717) is 18.2 Å². The topological polar surface area (TPSA) is 44.5 Å². The van der Waals surface area contributed by atoms with Crippen molar-refractivity contribution in [3.63, 3.8) is 0 Å². The molecule has 3 nitrogen and oxygen atoms in total. The maximum absolute atomic E-state index is 14.3. The van der Waals surface area contributed by atoms with Gasteiger partial charge in [0.25, 0.3) is 0 Å². The third-order valence-corrected chi connectivity index (χ3v) is 4.87. The van der Waals surface area contributed by atoms with E-state index in [1.165, 1.54) is 13.2 Å². The molecular weight excluding hydrogens is 389 g/mol. The van der Waals surface area contributed by atoms with E-state index in [-0.39, 0.29) is 5.75 Å². The Labute approximate surface area is 175 Å². The maximum Gasteiger partial charge on any atom is 0.165 e. The predicted octanol–water partition coefficient (Wildman–Crippen LogP) is 5.80. The van der Waals surface area contributed by atoms with Gasteiger partial charge in [-0.1, -0.05) is 41.9 Å². The Kier molecular flexibility index (Phi) is 6.91. The molecule has 0 spiro atoms. The van der Waals surface area contributed by atoms with Gasteiger partial charge in [0.2, 0.25) is 0 Å². The zero-order chi connectivity index (χ0) is 20.8. The normalized spacial score (nSPS) is 11.8. The van der Waals surface area contributed by atoms with E-state index >= 15 is 0 Å². The van der Waals surface area contributed by atoms with Crippen molar-refractivity contribution in [3.05, 3.63) is 94.3 Å². The van der Waals surface area contributed by atoms with Crippen molar-refractivity contribution in [1.29, 1.82) is 0 Å². The molecule has 0 aliphatic heterocycles. The number of rotatable bonds is 7. The monoisotopic (exact) mass is 411 g/mol. The molecule has 0 aliphatic carbocycles. The molecule has 29 heavy (non-hydrogen) atoms. The molecule has 0 heterocycles. The van der Waals surface area contributed by atoms with Crippen molar-refractivity contribution in [2.24, 2.45) is 5.73 Å². The number of hydrogen-bond acceptors (Lipinski definition) is 3. The summed E-state index contributed by atoms with van der Waals surface area (Å²) in [5.41, 5.74) is 10.2. The molecule has 150 valence electrons. The van der Waals surface area contributed by atoms with E-state index in [9.17, 15) is 4.39 Å². The molecule has 0 atom stereocenters. The minimum absolute atomic E-state index is 0.219. The summed E-state index contributed by atoms with van der Waals surface area (Å²) in [6.45, 7) is 2.90. The summed E-state index contributed by atoms with van der Waals surface area (Å²) in [5, 5.41) is 0.659. The van der Waals surface area contributed by atoms with Crippen LogP contribution in [-0.4, -0.2) is 20.3 Å². The Morgan fingerprint density at radius 1 is 0.931 bits per heavy atom. The van der Waals surface area contributed by atoms with Crippen molar-refractivity contribution in [3.8, 4) is 11.5 Å². The molecule has 0 unspecified atom stereocenters. The van der Waals surface area contributed by atoms with Crippen LogP contribution >= 0.6 is 11.6 Å². The number of hydrogen-bond donors (Lipinski definition) is 1. The number of benzene rings is 3. The highest BCUT2D eigenvalue weighted by Crippen LogP contribution is 2.34. The van der Waals surface area contributed by atoms with Crippen LogP contribution in [0.4, 0.5) is 4.39 Å². The fourth-order valence-corrected chi connectivity index (χ4v) is 3.28. The SMILES string of the molecule is COc1ccc(/C(C)=C(\c2ccc(Cl)cc2)c2ccc(OCCN)cc2)cc1F. The van der Waals surface area contributed by atoms with Gasteiger partial charge >= 0.3 is 0 Å². The molecule has 0 saturated heterocycles. The van der Waals surface area contributed by atoms with Crippen molar-refractivity contribution >= 4 is 22.7 Å².